The van der Waals surface area contributed by atoms with Crippen LogP contribution in [0.4, 0.5) is 5.69 Å². The van der Waals surface area contributed by atoms with Gasteiger partial charge in [-0.3, -0.25) is 0 Å². The molecule has 1 aromatic carbocycles. The van der Waals surface area contributed by atoms with Gasteiger partial charge in [0, 0.05) is 16.2 Å². The van der Waals surface area contributed by atoms with E-state index >= 15 is 0 Å². The summed E-state index contributed by atoms with van der Waals surface area (Å²) in [4.78, 5) is 0. The van der Waals surface area contributed by atoms with Crippen molar-refractivity contribution < 1.29 is 0 Å². The third-order valence-corrected chi connectivity index (χ3v) is 4.46. The summed E-state index contributed by atoms with van der Waals surface area (Å²) < 4.78 is 0.867. The summed E-state index contributed by atoms with van der Waals surface area (Å²) >= 11 is 3.43. The molecule has 1 aromatic rings. The van der Waals surface area contributed by atoms with Crippen LogP contribution in [-0.4, -0.2) is 6.04 Å². The minimum absolute atomic E-state index is 0.503. The number of halogens is 1. The minimum Gasteiger partial charge on any atom is -0.382 e. The molecule has 1 saturated carbocycles. The standard InChI is InChI=1S/C15H19BrN2/c1-15(2)7-5-12(6-8-15)18-13-4-3-11(10-17)14(16)9-13/h3-4,9,12,18H,5-8H2,1-2H3. The third-order valence-electron chi connectivity index (χ3n) is 3.80. The Morgan fingerprint density at radius 1 is 1.33 bits per heavy atom. The lowest BCUT2D eigenvalue weighted by atomic mass is 9.75. The van der Waals surface area contributed by atoms with Gasteiger partial charge in [0.15, 0.2) is 0 Å². The second-order valence-electron chi connectivity index (χ2n) is 5.89. The summed E-state index contributed by atoms with van der Waals surface area (Å²) in [6.45, 7) is 4.70. The van der Waals surface area contributed by atoms with Crippen LogP contribution in [0, 0.1) is 16.7 Å². The van der Waals surface area contributed by atoms with Gasteiger partial charge in [-0.1, -0.05) is 13.8 Å². The van der Waals surface area contributed by atoms with Crippen LogP contribution in [0.2, 0.25) is 0 Å². The van der Waals surface area contributed by atoms with E-state index in [4.69, 9.17) is 5.26 Å². The zero-order valence-electron chi connectivity index (χ0n) is 11.0. The number of nitrogens with zero attached hydrogens (tertiary/aromatic N) is 1. The molecule has 0 unspecified atom stereocenters. The molecule has 2 nitrogen and oxygen atoms in total. The van der Waals surface area contributed by atoms with Crippen LogP contribution in [0.5, 0.6) is 0 Å². The molecule has 0 heterocycles. The van der Waals surface area contributed by atoms with E-state index in [1.807, 2.05) is 18.2 Å². The molecule has 96 valence electrons. The predicted octanol–water partition coefficient (Wildman–Crippen LogP) is 4.70. The van der Waals surface area contributed by atoms with Gasteiger partial charge in [0.1, 0.15) is 6.07 Å². The molecule has 0 bridgehead atoms. The molecule has 1 aliphatic rings. The summed E-state index contributed by atoms with van der Waals surface area (Å²) in [6, 6.07) is 8.58. The maximum Gasteiger partial charge on any atom is 0.100 e. The van der Waals surface area contributed by atoms with Crippen molar-refractivity contribution in [3.63, 3.8) is 0 Å². The highest BCUT2D eigenvalue weighted by atomic mass is 79.9. The molecule has 0 aliphatic heterocycles. The molecule has 2 rings (SSSR count). The predicted molar refractivity (Wildman–Crippen MR) is 78.5 cm³/mol. The molecule has 1 aliphatic carbocycles. The Labute approximate surface area is 118 Å². The molecule has 0 aromatic heterocycles. The Hall–Kier alpha value is -1.01. The highest BCUT2D eigenvalue weighted by Gasteiger charge is 2.26. The molecule has 0 saturated heterocycles. The zero-order chi connectivity index (χ0) is 13.2. The Morgan fingerprint density at radius 3 is 2.56 bits per heavy atom. The lowest BCUT2D eigenvalue weighted by Crippen LogP contribution is -2.29. The van der Waals surface area contributed by atoms with Gasteiger partial charge in [-0.05, 0) is 65.2 Å². The van der Waals surface area contributed by atoms with Crippen molar-refractivity contribution in [2.75, 3.05) is 5.32 Å². The first-order chi connectivity index (χ1) is 8.50. The lowest BCUT2D eigenvalue weighted by molar-refractivity contribution is 0.232. The average Bonchev–Trinajstić information content (AvgIpc) is 2.32. The van der Waals surface area contributed by atoms with Gasteiger partial charge in [0.25, 0.3) is 0 Å². The van der Waals surface area contributed by atoms with E-state index in [0.717, 1.165) is 10.2 Å². The molecule has 0 radical (unpaired) electrons. The van der Waals surface area contributed by atoms with Gasteiger partial charge in [0.2, 0.25) is 0 Å². The van der Waals surface area contributed by atoms with Crippen LogP contribution in [0.3, 0.4) is 0 Å². The second kappa shape index (κ2) is 5.32. The van der Waals surface area contributed by atoms with Crippen LogP contribution >= 0.6 is 15.9 Å². The van der Waals surface area contributed by atoms with Crippen LogP contribution in [-0.2, 0) is 0 Å². The van der Waals surface area contributed by atoms with E-state index < -0.39 is 0 Å². The van der Waals surface area contributed by atoms with Gasteiger partial charge in [0.05, 0.1) is 5.56 Å². The summed E-state index contributed by atoms with van der Waals surface area (Å²) in [7, 11) is 0. The fourth-order valence-electron chi connectivity index (χ4n) is 2.47. The summed E-state index contributed by atoms with van der Waals surface area (Å²) in [6.07, 6.45) is 5.01. The summed E-state index contributed by atoms with van der Waals surface area (Å²) in [5.41, 5.74) is 2.29. The van der Waals surface area contributed by atoms with Crippen molar-refractivity contribution >= 4 is 21.6 Å². The van der Waals surface area contributed by atoms with Crippen LogP contribution in [0.25, 0.3) is 0 Å². The number of nitriles is 1. The van der Waals surface area contributed by atoms with E-state index in [1.165, 1.54) is 25.7 Å². The van der Waals surface area contributed by atoms with Gasteiger partial charge in [-0.2, -0.15) is 5.26 Å². The van der Waals surface area contributed by atoms with Crippen LogP contribution in [0.15, 0.2) is 22.7 Å². The number of rotatable bonds is 2. The third kappa shape index (κ3) is 3.26. The first-order valence-corrected chi connectivity index (χ1v) is 7.26. The highest BCUT2D eigenvalue weighted by Crippen LogP contribution is 2.36. The van der Waals surface area contributed by atoms with Crippen molar-refractivity contribution in [1.29, 1.82) is 5.26 Å². The summed E-state index contributed by atoms with van der Waals surface area (Å²) in [5.74, 6) is 0. The molecule has 1 N–H and O–H groups in total. The molecule has 0 spiro atoms. The maximum absolute atomic E-state index is 8.89. The first-order valence-electron chi connectivity index (χ1n) is 6.46. The topological polar surface area (TPSA) is 35.8 Å². The second-order valence-corrected chi connectivity index (χ2v) is 6.74. The summed E-state index contributed by atoms with van der Waals surface area (Å²) in [5, 5.41) is 12.5. The molecule has 0 amide bonds. The molecule has 3 heteroatoms. The lowest BCUT2D eigenvalue weighted by Gasteiger charge is -2.35. The molecular formula is C15H19BrN2. The smallest absolute Gasteiger partial charge is 0.100 e. The number of benzene rings is 1. The van der Waals surface area contributed by atoms with Crippen molar-refractivity contribution in [3.05, 3.63) is 28.2 Å². The number of nitrogens with one attached hydrogen (secondary N) is 1. The maximum atomic E-state index is 8.89. The Kier molecular flexibility index (Phi) is 3.97. The molecule has 1 fully saturated rings. The minimum atomic E-state index is 0.503. The van der Waals surface area contributed by atoms with Gasteiger partial charge >= 0.3 is 0 Å². The molecule has 18 heavy (non-hydrogen) atoms. The van der Waals surface area contributed by atoms with E-state index in [9.17, 15) is 0 Å². The highest BCUT2D eigenvalue weighted by molar-refractivity contribution is 9.10. The zero-order valence-corrected chi connectivity index (χ0v) is 12.5. The number of anilines is 1. The van der Waals surface area contributed by atoms with E-state index in [0.29, 0.717) is 17.0 Å². The Balaban J connectivity index is 1.99. The van der Waals surface area contributed by atoms with Gasteiger partial charge in [-0.15, -0.1) is 0 Å². The van der Waals surface area contributed by atoms with Crippen molar-refractivity contribution in [3.8, 4) is 6.07 Å². The number of hydrogen-bond donors (Lipinski definition) is 1. The molecular weight excluding hydrogens is 288 g/mol. The fraction of sp³-hybridized carbons (Fsp3) is 0.533. The van der Waals surface area contributed by atoms with Crippen molar-refractivity contribution in [2.24, 2.45) is 5.41 Å². The van der Waals surface area contributed by atoms with Crippen LogP contribution in [0.1, 0.15) is 45.1 Å². The van der Waals surface area contributed by atoms with Crippen molar-refractivity contribution in [2.45, 2.75) is 45.6 Å². The van der Waals surface area contributed by atoms with Gasteiger partial charge < -0.3 is 5.32 Å². The van der Waals surface area contributed by atoms with E-state index in [1.54, 1.807) is 0 Å². The molecule has 0 atom stereocenters. The van der Waals surface area contributed by atoms with Gasteiger partial charge in [-0.25, -0.2) is 0 Å². The van der Waals surface area contributed by atoms with Crippen LogP contribution < -0.4 is 5.32 Å². The van der Waals surface area contributed by atoms with Crippen molar-refractivity contribution in [1.82, 2.24) is 0 Å². The fourth-order valence-corrected chi connectivity index (χ4v) is 2.94. The monoisotopic (exact) mass is 306 g/mol. The number of hydrogen-bond acceptors (Lipinski definition) is 2. The first kappa shape index (κ1) is 13.4. The Morgan fingerprint density at radius 2 is 2.00 bits per heavy atom. The van der Waals surface area contributed by atoms with E-state index in [-0.39, 0.29) is 0 Å². The largest absolute Gasteiger partial charge is 0.382 e. The normalized spacial score (nSPS) is 19.2. The Bertz CT molecular complexity index is 464. The SMILES string of the molecule is CC1(C)CCC(Nc2ccc(C#N)c(Br)c2)CC1. The average molecular weight is 307 g/mol. The van der Waals surface area contributed by atoms with E-state index in [2.05, 4.69) is 41.2 Å². The quantitative estimate of drug-likeness (QED) is 0.859.